The van der Waals surface area contributed by atoms with Gasteiger partial charge in [-0.15, -0.1) is 0 Å². The highest BCUT2D eigenvalue weighted by molar-refractivity contribution is 6.35. The van der Waals surface area contributed by atoms with Gasteiger partial charge in [-0.3, -0.25) is 4.79 Å². The summed E-state index contributed by atoms with van der Waals surface area (Å²) in [5.74, 6) is -0.176. The number of carbonyl (C=O) groups is 1. The van der Waals surface area contributed by atoms with Crippen molar-refractivity contribution in [3.05, 3.63) is 57.6 Å². The maximum absolute atomic E-state index is 12.3. The van der Waals surface area contributed by atoms with Crippen LogP contribution >= 0.6 is 23.2 Å². The molecule has 0 radical (unpaired) electrons. The molecule has 0 fully saturated rings. The average Bonchev–Trinajstić information content (AvgIpc) is 2.46. The van der Waals surface area contributed by atoms with Crippen molar-refractivity contribution < 1.29 is 4.79 Å². The molecule has 0 spiro atoms. The molecule has 0 aliphatic carbocycles. The summed E-state index contributed by atoms with van der Waals surface area (Å²) in [5, 5.41) is 6.98. The quantitative estimate of drug-likeness (QED) is 0.820. The van der Waals surface area contributed by atoms with E-state index in [9.17, 15) is 4.79 Å². The first-order valence-corrected chi connectivity index (χ1v) is 7.72. The van der Waals surface area contributed by atoms with Crippen LogP contribution in [-0.2, 0) is 4.79 Å². The number of halogens is 2. The summed E-state index contributed by atoms with van der Waals surface area (Å²) in [4.78, 5) is 12.3. The van der Waals surface area contributed by atoms with Crippen molar-refractivity contribution in [2.75, 3.05) is 10.6 Å². The predicted molar refractivity (Wildman–Crippen MR) is 94.1 cm³/mol. The molecule has 22 heavy (non-hydrogen) atoms. The van der Waals surface area contributed by atoms with E-state index in [1.54, 1.807) is 25.1 Å². The zero-order valence-electron chi connectivity index (χ0n) is 12.7. The normalized spacial score (nSPS) is 11.9. The monoisotopic (exact) mass is 336 g/mol. The van der Waals surface area contributed by atoms with Gasteiger partial charge in [-0.2, -0.15) is 0 Å². The van der Waals surface area contributed by atoms with Crippen molar-refractivity contribution in [1.82, 2.24) is 0 Å². The number of nitrogens with one attached hydrogen (secondary N) is 2. The van der Waals surface area contributed by atoms with E-state index in [2.05, 4.69) is 10.6 Å². The Hall–Kier alpha value is -1.71. The Morgan fingerprint density at radius 2 is 1.77 bits per heavy atom. The van der Waals surface area contributed by atoms with Crippen LogP contribution in [0.3, 0.4) is 0 Å². The molecular weight excluding hydrogens is 319 g/mol. The predicted octanol–water partition coefficient (Wildman–Crippen LogP) is 5.05. The second-order valence-electron chi connectivity index (χ2n) is 5.30. The van der Waals surface area contributed by atoms with Gasteiger partial charge in [0.2, 0.25) is 5.91 Å². The molecule has 0 aromatic heterocycles. The highest BCUT2D eigenvalue weighted by Gasteiger charge is 2.15. The molecule has 1 atom stereocenters. The molecule has 0 bridgehead atoms. The molecule has 5 heteroatoms. The van der Waals surface area contributed by atoms with Crippen LogP contribution in [0.5, 0.6) is 0 Å². The molecule has 0 saturated carbocycles. The number of rotatable bonds is 4. The largest absolute Gasteiger partial charge is 0.374 e. The minimum atomic E-state index is -0.407. The number of hydrogen-bond acceptors (Lipinski definition) is 2. The van der Waals surface area contributed by atoms with E-state index < -0.39 is 6.04 Å². The lowest BCUT2D eigenvalue weighted by atomic mass is 10.1. The fourth-order valence-electron chi connectivity index (χ4n) is 2.02. The van der Waals surface area contributed by atoms with Crippen molar-refractivity contribution in [2.24, 2.45) is 0 Å². The first kappa shape index (κ1) is 16.7. The fourth-order valence-corrected chi connectivity index (χ4v) is 2.36. The van der Waals surface area contributed by atoms with Crippen LogP contribution in [0.2, 0.25) is 10.0 Å². The van der Waals surface area contributed by atoms with Crippen molar-refractivity contribution in [2.45, 2.75) is 26.8 Å². The van der Waals surface area contributed by atoms with Gasteiger partial charge in [0.15, 0.2) is 0 Å². The number of benzene rings is 2. The molecule has 116 valence electrons. The van der Waals surface area contributed by atoms with Gasteiger partial charge >= 0.3 is 0 Å². The van der Waals surface area contributed by atoms with Gasteiger partial charge in [0, 0.05) is 10.7 Å². The molecule has 0 heterocycles. The van der Waals surface area contributed by atoms with Gasteiger partial charge in [-0.05, 0) is 56.2 Å². The Morgan fingerprint density at radius 1 is 1.05 bits per heavy atom. The van der Waals surface area contributed by atoms with Crippen LogP contribution in [0.1, 0.15) is 18.1 Å². The Bertz CT molecular complexity index is 701. The first-order valence-electron chi connectivity index (χ1n) is 6.96. The van der Waals surface area contributed by atoms with E-state index in [1.807, 2.05) is 32.0 Å². The summed E-state index contributed by atoms with van der Waals surface area (Å²) in [6.07, 6.45) is 0. The Kier molecular flexibility index (Phi) is 5.33. The number of aryl methyl sites for hydroxylation is 2. The second-order valence-corrected chi connectivity index (χ2v) is 6.14. The minimum Gasteiger partial charge on any atom is -0.374 e. The Labute approximate surface area is 140 Å². The Morgan fingerprint density at radius 3 is 2.50 bits per heavy atom. The third-order valence-corrected chi connectivity index (χ3v) is 3.91. The molecule has 3 nitrogen and oxygen atoms in total. The Balaban J connectivity index is 2.09. The van der Waals surface area contributed by atoms with Crippen molar-refractivity contribution in [1.29, 1.82) is 0 Å². The van der Waals surface area contributed by atoms with Crippen LogP contribution in [0, 0.1) is 13.8 Å². The average molecular weight is 337 g/mol. The molecule has 0 unspecified atom stereocenters. The molecule has 1 amide bonds. The summed E-state index contributed by atoms with van der Waals surface area (Å²) < 4.78 is 0. The molecule has 2 aromatic rings. The van der Waals surface area contributed by atoms with E-state index in [0.29, 0.717) is 15.7 Å². The lowest BCUT2D eigenvalue weighted by Gasteiger charge is -2.18. The van der Waals surface area contributed by atoms with E-state index in [0.717, 1.165) is 16.8 Å². The highest BCUT2D eigenvalue weighted by Crippen LogP contribution is 2.26. The molecule has 2 N–H and O–H groups in total. The van der Waals surface area contributed by atoms with Crippen molar-refractivity contribution in [3.8, 4) is 0 Å². The van der Waals surface area contributed by atoms with E-state index in [4.69, 9.17) is 23.2 Å². The number of hydrogen-bond donors (Lipinski definition) is 2. The fraction of sp³-hybridized carbons (Fsp3) is 0.235. The van der Waals surface area contributed by atoms with Crippen LogP contribution in [0.4, 0.5) is 11.4 Å². The third kappa shape index (κ3) is 4.15. The highest BCUT2D eigenvalue weighted by atomic mass is 35.5. The number of carbonyl (C=O) groups excluding carboxylic acids is 1. The third-order valence-electron chi connectivity index (χ3n) is 3.34. The summed E-state index contributed by atoms with van der Waals surface area (Å²) in [6.45, 7) is 5.82. The number of amides is 1. The standard InChI is InChI=1S/C17H18Cl2N2O/c1-10-4-5-11(2)15(8-10)20-12(3)17(22)21-16-9-13(18)6-7-14(16)19/h4-9,12,20H,1-3H3,(H,21,22)/t12-/m0/s1. The smallest absolute Gasteiger partial charge is 0.246 e. The topological polar surface area (TPSA) is 41.1 Å². The van der Waals surface area contributed by atoms with Gasteiger partial charge in [-0.1, -0.05) is 35.3 Å². The van der Waals surface area contributed by atoms with Gasteiger partial charge in [0.25, 0.3) is 0 Å². The van der Waals surface area contributed by atoms with Gasteiger partial charge in [-0.25, -0.2) is 0 Å². The molecule has 0 saturated heterocycles. The van der Waals surface area contributed by atoms with E-state index in [1.165, 1.54) is 0 Å². The van der Waals surface area contributed by atoms with E-state index in [-0.39, 0.29) is 5.91 Å². The SMILES string of the molecule is Cc1ccc(C)c(N[C@@H](C)C(=O)Nc2cc(Cl)ccc2Cl)c1. The van der Waals surface area contributed by atoms with Gasteiger partial charge in [0.05, 0.1) is 10.7 Å². The lowest BCUT2D eigenvalue weighted by molar-refractivity contribution is -0.116. The maximum atomic E-state index is 12.3. The minimum absolute atomic E-state index is 0.176. The zero-order valence-corrected chi connectivity index (χ0v) is 14.2. The molecule has 0 aliphatic heterocycles. The van der Waals surface area contributed by atoms with Crippen LogP contribution < -0.4 is 10.6 Å². The van der Waals surface area contributed by atoms with Gasteiger partial charge < -0.3 is 10.6 Å². The van der Waals surface area contributed by atoms with E-state index >= 15 is 0 Å². The lowest BCUT2D eigenvalue weighted by Crippen LogP contribution is -2.32. The summed E-state index contributed by atoms with van der Waals surface area (Å²) in [6, 6.07) is 10.6. The summed E-state index contributed by atoms with van der Waals surface area (Å²) in [5.41, 5.74) is 3.68. The zero-order chi connectivity index (χ0) is 16.3. The second kappa shape index (κ2) is 7.03. The molecule has 0 aliphatic rings. The van der Waals surface area contributed by atoms with Crippen LogP contribution in [0.15, 0.2) is 36.4 Å². The maximum Gasteiger partial charge on any atom is 0.246 e. The molecule has 2 aromatic carbocycles. The first-order chi connectivity index (χ1) is 10.4. The number of anilines is 2. The van der Waals surface area contributed by atoms with Crippen LogP contribution in [0.25, 0.3) is 0 Å². The van der Waals surface area contributed by atoms with Crippen molar-refractivity contribution >= 4 is 40.5 Å². The molecule has 2 rings (SSSR count). The van der Waals surface area contributed by atoms with Crippen LogP contribution in [-0.4, -0.2) is 11.9 Å². The van der Waals surface area contributed by atoms with Crippen molar-refractivity contribution in [3.63, 3.8) is 0 Å². The van der Waals surface area contributed by atoms with Gasteiger partial charge in [0.1, 0.15) is 6.04 Å². The summed E-state index contributed by atoms with van der Waals surface area (Å²) in [7, 11) is 0. The summed E-state index contributed by atoms with van der Waals surface area (Å²) >= 11 is 12.0. The molecular formula is C17H18Cl2N2O.